The SMILES string of the molecule is CC(C)(C)c1ccc([I+](OS(=O)(=O)C(F)(F)F)c2ccc(C(C)(C)C)cc2)cc1. The zero-order valence-corrected chi connectivity index (χ0v) is 20.2. The molecule has 0 aliphatic rings. The van der Waals surface area contributed by atoms with Crippen molar-refractivity contribution in [3.63, 3.8) is 0 Å². The molecule has 0 aliphatic heterocycles. The number of rotatable bonds is 4. The highest BCUT2D eigenvalue weighted by Gasteiger charge is 2.54. The van der Waals surface area contributed by atoms with E-state index in [0.29, 0.717) is 7.14 Å². The predicted octanol–water partition coefficient (Wildman–Crippen LogP) is 2.73. The van der Waals surface area contributed by atoms with Crippen LogP contribution >= 0.6 is 0 Å². The Morgan fingerprint density at radius 1 is 0.690 bits per heavy atom. The van der Waals surface area contributed by atoms with E-state index in [0.717, 1.165) is 11.1 Å². The molecule has 3 nitrogen and oxygen atoms in total. The van der Waals surface area contributed by atoms with E-state index in [4.69, 9.17) is 2.51 Å². The average molecular weight is 542 g/mol. The molecule has 0 heterocycles. The van der Waals surface area contributed by atoms with Crippen LogP contribution in [0.2, 0.25) is 0 Å². The first-order valence-corrected chi connectivity index (χ1v) is 13.4. The van der Waals surface area contributed by atoms with Crippen LogP contribution in [0, 0.1) is 7.14 Å². The minimum atomic E-state index is -5.70. The predicted molar refractivity (Wildman–Crippen MR) is 104 cm³/mol. The van der Waals surface area contributed by atoms with Gasteiger partial charge in [0.2, 0.25) is 0 Å². The summed E-state index contributed by atoms with van der Waals surface area (Å²) in [6.07, 6.45) is 0. The maximum atomic E-state index is 13.0. The van der Waals surface area contributed by atoms with Crippen LogP contribution in [0.4, 0.5) is 13.2 Å². The van der Waals surface area contributed by atoms with Crippen LogP contribution in [-0.2, 0) is 23.5 Å². The van der Waals surface area contributed by atoms with E-state index in [-0.39, 0.29) is 10.8 Å². The molecule has 1 radical (unpaired) electrons. The molecule has 0 N–H and O–H groups in total. The minimum Gasteiger partial charge on any atom is -0.186 e. The largest absolute Gasteiger partial charge is 0.526 e. The van der Waals surface area contributed by atoms with Crippen LogP contribution in [-0.4, -0.2) is 13.9 Å². The molecule has 2 rings (SSSR count). The van der Waals surface area contributed by atoms with Gasteiger partial charge in [-0.2, -0.15) is 21.6 Å². The molecule has 0 aliphatic carbocycles. The van der Waals surface area contributed by atoms with E-state index in [1.807, 2.05) is 65.8 Å². The van der Waals surface area contributed by atoms with Crippen molar-refractivity contribution in [2.45, 2.75) is 57.9 Å². The first-order chi connectivity index (χ1) is 13.0. The third-order valence-electron chi connectivity index (χ3n) is 4.25. The lowest BCUT2D eigenvalue weighted by molar-refractivity contribution is -1.03. The van der Waals surface area contributed by atoms with Gasteiger partial charge >= 0.3 is 35.9 Å². The fourth-order valence-electron chi connectivity index (χ4n) is 2.45. The van der Waals surface area contributed by atoms with Gasteiger partial charge in [-0.3, -0.25) is 0 Å². The summed E-state index contributed by atoms with van der Waals surface area (Å²) in [6, 6.07) is 14.0. The van der Waals surface area contributed by atoms with E-state index in [2.05, 4.69) is 0 Å². The van der Waals surface area contributed by atoms with Gasteiger partial charge in [-0.25, -0.2) is 0 Å². The molecule has 0 bridgehead atoms. The monoisotopic (exact) mass is 542 g/mol. The van der Waals surface area contributed by atoms with Gasteiger partial charge in [-0.1, -0.05) is 65.8 Å². The summed E-state index contributed by atoms with van der Waals surface area (Å²) in [5, 5.41) is 0. The van der Waals surface area contributed by atoms with Crippen molar-refractivity contribution in [3.05, 3.63) is 66.8 Å². The topological polar surface area (TPSA) is 43.4 Å². The molecule has 0 aromatic heterocycles. The number of benzene rings is 2. The maximum absolute atomic E-state index is 13.0. The highest BCUT2D eigenvalue weighted by molar-refractivity contribution is 7.87. The van der Waals surface area contributed by atoms with Gasteiger partial charge in [0.05, 0.1) is 0 Å². The third-order valence-corrected chi connectivity index (χ3v) is 11.3. The van der Waals surface area contributed by atoms with Crippen LogP contribution in [0.3, 0.4) is 0 Å². The van der Waals surface area contributed by atoms with Gasteiger partial charge in [-0.05, 0) is 48.7 Å². The van der Waals surface area contributed by atoms with E-state index in [1.165, 1.54) is 0 Å². The molecule has 0 saturated heterocycles. The van der Waals surface area contributed by atoms with Crippen molar-refractivity contribution < 1.29 is 44.3 Å². The first kappa shape index (κ1) is 24.1. The zero-order valence-electron chi connectivity index (χ0n) is 17.3. The summed E-state index contributed by atoms with van der Waals surface area (Å²) >= 11 is -3.35. The van der Waals surface area contributed by atoms with Crippen molar-refractivity contribution in [2.75, 3.05) is 0 Å². The number of hydrogen-bond donors (Lipinski definition) is 0. The van der Waals surface area contributed by atoms with Crippen molar-refractivity contribution in [1.29, 1.82) is 0 Å². The van der Waals surface area contributed by atoms with Gasteiger partial charge in [0, 0.05) is 0 Å². The molecule has 0 atom stereocenters. The molecule has 8 heteroatoms. The Bertz CT molecular complexity index is 880. The molecule has 161 valence electrons. The van der Waals surface area contributed by atoms with Crippen LogP contribution in [0.5, 0.6) is 0 Å². The van der Waals surface area contributed by atoms with Crippen LogP contribution in [0.1, 0.15) is 52.7 Å². The van der Waals surface area contributed by atoms with Gasteiger partial charge in [0.25, 0.3) is 0 Å². The number of halogens is 4. The summed E-state index contributed by atoms with van der Waals surface area (Å²) in [5.74, 6) is 0. The Balaban J connectivity index is 2.52. The van der Waals surface area contributed by atoms with Crippen LogP contribution in [0.25, 0.3) is 0 Å². The lowest BCUT2D eigenvalue weighted by atomic mass is 9.87. The third kappa shape index (κ3) is 5.95. The normalized spacial score (nSPS) is 13.7. The van der Waals surface area contributed by atoms with Gasteiger partial charge < -0.3 is 0 Å². The molecule has 0 unspecified atom stereocenters. The molecular formula is C21H26F3IO3S+. The smallest absolute Gasteiger partial charge is 0.186 e. The second-order valence-corrected chi connectivity index (χ2v) is 15.2. The number of alkyl halides is 3. The molecular weight excluding hydrogens is 516 g/mol. The van der Waals surface area contributed by atoms with Crippen molar-refractivity contribution >= 4 is 10.1 Å². The van der Waals surface area contributed by atoms with Gasteiger partial charge in [0.15, 0.2) is 7.14 Å². The highest BCUT2D eigenvalue weighted by Crippen LogP contribution is 2.24. The maximum Gasteiger partial charge on any atom is 0.526 e. The van der Waals surface area contributed by atoms with Crippen LogP contribution in [0.15, 0.2) is 48.5 Å². The molecule has 29 heavy (non-hydrogen) atoms. The second kappa shape index (κ2) is 8.19. The Morgan fingerprint density at radius 2 is 1.00 bits per heavy atom. The molecule has 0 amide bonds. The summed E-state index contributed by atoms with van der Waals surface area (Å²) in [5.41, 5.74) is -3.73. The fourth-order valence-corrected chi connectivity index (χ4v) is 8.85. The minimum absolute atomic E-state index is 0.134. The summed E-state index contributed by atoms with van der Waals surface area (Å²) in [4.78, 5) is 0. The standard InChI is InChI=1S/C21H26F3IO3S/c1-19(2,3)15-7-11-17(12-8-15)25(28-29(26,27)21(22,23)24)18-13-9-16(10-14-18)20(4,5)6/h7-14H,1-6H3/q+1. The molecule has 0 fully saturated rings. The summed E-state index contributed by atoms with van der Waals surface area (Å²) in [7, 11) is -5.70. The summed E-state index contributed by atoms with van der Waals surface area (Å²) < 4.78 is 68.2. The van der Waals surface area contributed by atoms with Crippen LogP contribution < -0.4 is 20.2 Å². The Hall–Kier alpha value is -1.13. The molecule has 0 spiro atoms. The second-order valence-electron chi connectivity index (χ2n) is 8.73. The van der Waals surface area contributed by atoms with Crippen molar-refractivity contribution in [2.24, 2.45) is 0 Å². The lowest BCUT2D eigenvalue weighted by Crippen LogP contribution is -3.85. The Kier molecular flexibility index (Phi) is 6.81. The van der Waals surface area contributed by atoms with E-state index in [9.17, 15) is 21.6 Å². The average Bonchev–Trinajstić information content (AvgIpc) is 2.57. The molecule has 2 aromatic carbocycles. The molecule has 0 saturated carbocycles. The highest BCUT2D eigenvalue weighted by atomic mass is 127. The lowest BCUT2D eigenvalue weighted by Gasteiger charge is -2.19. The number of hydrogen-bond acceptors (Lipinski definition) is 3. The van der Waals surface area contributed by atoms with Crippen molar-refractivity contribution in [3.8, 4) is 0 Å². The van der Waals surface area contributed by atoms with Gasteiger partial charge in [-0.15, -0.1) is 0 Å². The van der Waals surface area contributed by atoms with E-state index in [1.54, 1.807) is 24.3 Å². The van der Waals surface area contributed by atoms with E-state index >= 15 is 0 Å². The first-order valence-electron chi connectivity index (χ1n) is 8.95. The van der Waals surface area contributed by atoms with Crippen molar-refractivity contribution in [1.82, 2.24) is 0 Å². The Labute approximate surface area is 178 Å². The molecule has 2 aromatic rings. The fraction of sp³-hybridized carbons (Fsp3) is 0.429. The quantitative estimate of drug-likeness (QED) is 0.441. The zero-order chi connectivity index (χ0) is 22.3. The van der Waals surface area contributed by atoms with Gasteiger partial charge in [0.1, 0.15) is 0 Å². The Morgan fingerprint density at radius 3 is 1.24 bits per heavy atom. The van der Waals surface area contributed by atoms with E-state index < -0.39 is 35.9 Å². The summed E-state index contributed by atoms with van der Waals surface area (Å²) in [6.45, 7) is 12.1.